The molecule has 28 heavy (non-hydrogen) atoms. The number of halogens is 1. The van der Waals surface area contributed by atoms with E-state index in [1.54, 1.807) is 30.6 Å². The van der Waals surface area contributed by atoms with E-state index in [0.29, 0.717) is 12.1 Å². The quantitative estimate of drug-likeness (QED) is 0.609. The van der Waals surface area contributed by atoms with E-state index in [1.165, 1.54) is 12.1 Å². The number of aromatic nitrogens is 1. The second-order valence-corrected chi connectivity index (χ2v) is 6.68. The van der Waals surface area contributed by atoms with Crippen LogP contribution in [0.5, 0.6) is 0 Å². The third-order valence-electron chi connectivity index (χ3n) is 4.64. The number of amides is 1. The van der Waals surface area contributed by atoms with Gasteiger partial charge in [-0.25, -0.2) is 4.39 Å². The van der Waals surface area contributed by atoms with Crippen molar-refractivity contribution in [1.82, 2.24) is 4.98 Å². The lowest BCUT2D eigenvalue weighted by Gasteiger charge is -2.13. The Bertz CT molecular complexity index is 954. The van der Waals surface area contributed by atoms with Gasteiger partial charge in [0.25, 0.3) is 5.91 Å². The van der Waals surface area contributed by atoms with Crippen LogP contribution in [-0.4, -0.2) is 17.4 Å². The zero-order valence-electron chi connectivity index (χ0n) is 16.1. The van der Waals surface area contributed by atoms with Crippen LogP contribution >= 0.6 is 0 Å². The van der Waals surface area contributed by atoms with Gasteiger partial charge in [-0.2, -0.15) is 0 Å². The number of anilines is 2. The third kappa shape index (κ3) is 4.94. The Balaban J connectivity index is 1.64. The lowest BCUT2D eigenvalue weighted by molar-refractivity contribution is 0.102. The number of nitrogens with zero attached hydrogens (tertiary/aromatic N) is 1. The van der Waals surface area contributed by atoms with Gasteiger partial charge in [0.15, 0.2) is 0 Å². The first-order chi connectivity index (χ1) is 13.6. The number of para-hydroxylation sites is 1. The van der Waals surface area contributed by atoms with Crippen molar-refractivity contribution in [3.8, 4) is 0 Å². The molecule has 1 aromatic heterocycles. The summed E-state index contributed by atoms with van der Waals surface area (Å²) in [5.74, 6) is -0.418. The molecule has 2 N–H and O–H groups in total. The highest BCUT2D eigenvalue weighted by molar-refractivity contribution is 6.05. The van der Waals surface area contributed by atoms with Crippen molar-refractivity contribution >= 4 is 17.3 Å². The number of carbonyl (C=O) groups excluding carboxylic acids is 1. The molecular weight excluding hydrogens is 353 g/mol. The molecule has 1 amide bonds. The molecular formula is C23H24FN3O. The fourth-order valence-electron chi connectivity index (χ4n) is 3.05. The predicted molar refractivity (Wildman–Crippen MR) is 111 cm³/mol. The molecule has 144 valence electrons. The molecule has 1 heterocycles. The normalized spacial score (nSPS) is 10.5. The smallest absolute Gasteiger partial charge is 0.257 e. The Kier molecular flexibility index (Phi) is 6.37. The van der Waals surface area contributed by atoms with Crippen molar-refractivity contribution < 1.29 is 9.18 Å². The zero-order valence-corrected chi connectivity index (χ0v) is 16.1. The summed E-state index contributed by atoms with van der Waals surface area (Å²) in [5, 5.41) is 6.28. The Morgan fingerprint density at radius 3 is 2.64 bits per heavy atom. The van der Waals surface area contributed by atoms with E-state index in [0.717, 1.165) is 40.9 Å². The fourth-order valence-corrected chi connectivity index (χ4v) is 3.05. The van der Waals surface area contributed by atoms with E-state index in [1.807, 2.05) is 25.1 Å². The fraction of sp³-hybridized carbons (Fsp3) is 0.217. The summed E-state index contributed by atoms with van der Waals surface area (Å²) >= 11 is 0. The van der Waals surface area contributed by atoms with Crippen LogP contribution in [0.25, 0.3) is 0 Å². The van der Waals surface area contributed by atoms with E-state index >= 15 is 0 Å². The van der Waals surface area contributed by atoms with Crippen molar-refractivity contribution in [3.05, 3.63) is 89.0 Å². The highest BCUT2D eigenvalue weighted by atomic mass is 19.1. The summed E-state index contributed by atoms with van der Waals surface area (Å²) in [5.41, 5.74) is 5.32. The van der Waals surface area contributed by atoms with Gasteiger partial charge >= 0.3 is 0 Å². The van der Waals surface area contributed by atoms with Crippen molar-refractivity contribution in [2.75, 3.05) is 17.2 Å². The van der Waals surface area contributed by atoms with Gasteiger partial charge in [-0.1, -0.05) is 37.3 Å². The molecule has 0 saturated carbocycles. The van der Waals surface area contributed by atoms with Gasteiger partial charge in [0.05, 0.1) is 11.3 Å². The van der Waals surface area contributed by atoms with Crippen LogP contribution in [0.15, 0.2) is 60.9 Å². The number of carbonyl (C=O) groups is 1. The average molecular weight is 377 g/mol. The molecule has 5 heteroatoms. The first-order valence-electron chi connectivity index (χ1n) is 9.40. The largest absolute Gasteiger partial charge is 0.383 e. The molecule has 0 aliphatic carbocycles. The van der Waals surface area contributed by atoms with E-state index in [4.69, 9.17) is 0 Å². The first kappa shape index (κ1) is 19.5. The van der Waals surface area contributed by atoms with E-state index in [-0.39, 0.29) is 11.7 Å². The van der Waals surface area contributed by atoms with Crippen molar-refractivity contribution in [1.29, 1.82) is 0 Å². The van der Waals surface area contributed by atoms with Gasteiger partial charge < -0.3 is 10.6 Å². The molecule has 0 atom stereocenters. The number of aryl methyl sites for hydroxylation is 2. The molecule has 4 nitrogen and oxygen atoms in total. The van der Waals surface area contributed by atoms with Crippen LogP contribution in [0.2, 0.25) is 0 Å². The molecule has 0 spiro atoms. The van der Waals surface area contributed by atoms with E-state index < -0.39 is 0 Å². The number of pyridine rings is 1. The summed E-state index contributed by atoms with van der Waals surface area (Å²) in [6, 6.07) is 14.2. The van der Waals surface area contributed by atoms with Crippen LogP contribution in [0.4, 0.5) is 15.8 Å². The molecule has 0 fully saturated rings. The molecule has 0 aliphatic heterocycles. The topological polar surface area (TPSA) is 54.0 Å². The van der Waals surface area contributed by atoms with Crippen LogP contribution in [0, 0.1) is 12.7 Å². The second kappa shape index (κ2) is 9.13. The van der Waals surface area contributed by atoms with E-state index in [9.17, 15) is 9.18 Å². The van der Waals surface area contributed by atoms with E-state index in [2.05, 4.69) is 22.5 Å². The number of hydrogen-bond acceptors (Lipinski definition) is 3. The SMILES string of the molecule is CCc1cccc(C)c1NC(=O)c1cncc(NCCc2ccc(F)cc2)c1. The molecule has 3 rings (SSSR count). The number of hydrogen-bond donors (Lipinski definition) is 2. The Morgan fingerprint density at radius 1 is 1.11 bits per heavy atom. The van der Waals surface area contributed by atoms with Gasteiger partial charge in [-0.15, -0.1) is 0 Å². The van der Waals surface area contributed by atoms with Gasteiger partial charge in [-0.3, -0.25) is 9.78 Å². The Hall–Kier alpha value is -3.21. The van der Waals surface area contributed by atoms with Crippen LogP contribution in [-0.2, 0) is 12.8 Å². The maximum atomic E-state index is 13.0. The highest BCUT2D eigenvalue weighted by Crippen LogP contribution is 2.22. The maximum Gasteiger partial charge on any atom is 0.257 e. The van der Waals surface area contributed by atoms with Crippen LogP contribution < -0.4 is 10.6 Å². The monoisotopic (exact) mass is 377 g/mol. The van der Waals surface area contributed by atoms with Gasteiger partial charge in [-0.05, 0) is 54.7 Å². The molecule has 0 bridgehead atoms. The zero-order chi connectivity index (χ0) is 19.9. The Labute approximate surface area is 164 Å². The number of benzene rings is 2. The minimum atomic E-state index is -0.237. The number of rotatable bonds is 7. The molecule has 2 aromatic carbocycles. The van der Waals surface area contributed by atoms with Crippen molar-refractivity contribution in [3.63, 3.8) is 0 Å². The van der Waals surface area contributed by atoms with Gasteiger partial charge in [0, 0.05) is 24.6 Å². The molecule has 0 aliphatic rings. The lowest BCUT2D eigenvalue weighted by atomic mass is 10.1. The molecule has 0 unspecified atom stereocenters. The highest BCUT2D eigenvalue weighted by Gasteiger charge is 2.11. The number of nitrogens with one attached hydrogen (secondary N) is 2. The summed E-state index contributed by atoms with van der Waals surface area (Å²) in [6.07, 6.45) is 4.84. The summed E-state index contributed by atoms with van der Waals surface area (Å²) in [4.78, 5) is 16.9. The molecule has 0 radical (unpaired) electrons. The van der Waals surface area contributed by atoms with Crippen molar-refractivity contribution in [2.45, 2.75) is 26.7 Å². The van der Waals surface area contributed by atoms with Gasteiger partial charge in [0.1, 0.15) is 5.82 Å². The van der Waals surface area contributed by atoms with Crippen LogP contribution in [0.1, 0.15) is 34.0 Å². The standard InChI is InChI=1S/C23H24FN3O/c1-3-18-6-4-5-16(2)22(18)27-23(28)19-13-21(15-25-14-19)26-12-11-17-7-9-20(24)10-8-17/h4-10,13-15,26H,3,11-12H2,1-2H3,(H,27,28). The van der Waals surface area contributed by atoms with Crippen LogP contribution in [0.3, 0.4) is 0 Å². The predicted octanol–water partition coefficient (Wildman–Crippen LogP) is 5.00. The molecule has 3 aromatic rings. The summed E-state index contributed by atoms with van der Waals surface area (Å²) in [7, 11) is 0. The minimum Gasteiger partial charge on any atom is -0.383 e. The second-order valence-electron chi connectivity index (χ2n) is 6.68. The van der Waals surface area contributed by atoms with Crippen molar-refractivity contribution in [2.24, 2.45) is 0 Å². The lowest BCUT2D eigenvalue weighted by Crippen LogP contribution is -2.15. The summed E-state index contributed by atoms with van der Waals surface area (Å²) in [6.45, 7) is 4.72. The van der Waals surface area contributed by atoms with Gasteiger partial charge in [0.2, 0.25) is 0 Å². The Morgan fingerprint density at radius 2 is 1.89 bits per heavy atom. The third-order valence-corrected chi connectivity index (χ3v) is 4.64. The molecule has 0 saturated heterocycles. The maximum absolute atomic E-state index is 13.0. The first-order valence-corrected chi connectivity index (χ1v) is 9.40. The average Bonchev–Trinajstić information content (AvgIpc) is 2.71. The summed E-state index contributed by atoms with van der Waals surface area (Å²) < 4.78 is 13.0. The minimum absolute atomic E-state index is 0.182.